The molecule has 0 amide bonds. The van der Waals surface area contributed by atoms with Gasteiger partial charge in [0.25, 0.3) is 0 Å². The number of hydrogen-bond donors (Lipinski definition) is 1. The zero-order valence-electron chi connectivity index (χ0n) is 13.8. The molecule has 1 aliphatic heterocycles. The molecule has 118 valence electrons. The maximum Gasteiger partial charge on any atom is 0.146 e. The molecule has 1 unspecified atom stereocenters. The molecule has 0 radical (unpaired) electrons. The maximum atomic E-state index is 14.4. The summed E-state index contributed by atoms with van der Waals surface area (Å²) in [5.41, 5.74) is 7.75. The average Bonchev–Trinajstić information content (AvgIpc) is 2.63. The number of halogens is 1. The van der Waals surface area contributed by atoms with Gasteiger partial charge in [0.05, 0.1) is 5.69 Å². The SMILES string of the molecule is C[C@H](N)c1ccc(N2CCCC(C(C)(C)C)CC2)c(F)c1. The van der Waals surface area contributed by atoms with E-state index in [0.29, 0.717) is 11.3 Å². The van der Waals surface area contributed by atoms with Crippen molar-refractivity contribution in [2.24, 2.45) is 17.1 Å². The smallest absolute Gasteiger partial charge is 0.146 e. The molecule has 2 rings (SSSR count). The quantitative estimate of drug-likeness (QED) is 0.869. The second kappa shape index (κ2) is 6.35. The van der Waals surface area contributed by atoms with E-state index in [0.717, 1.165) is 37.2 Å². The highest BCUT2D eigenvalue weighted by molar-refractivity contribution is 5.49. The molecule has 1 aliphatic rings. The van der Waals surface area contributed by atoms with Gasteiger partial charge in [-0.2, -0.15) is 0 Å². The van der Waals surface area contributed by atoms with Crippen LogP contribution >= 0.6 is 0 Å². The van der Waals surface area contributed by atoms with E-state index in [1.54, 1.807) is 6.07 Å². The standard InChI is InChI=1S/C18H29FN2/c1-13(20)14-7-8-17(16(19)12-14)21-10-5-6-15(9-11-21)18(2,3)4/h7-8,12-13,15H,5-6,9-11,20H2,1-4H3/t13-,15?/m0/s1. The third-order valence-corrected chi connectivity index (χ3v) is 4.79. The van der Waals surface area contributed by atoms with Crippen LogP contribution in [-0.2, 0) is 0 Å². The molecular weight excluding hydrogens is 263 g/mol. The zero-order valence-corrected chi connectivity index (χ0v) is 13.8. The second-order valence-corrected chi connectivity index (χ2v) is 7.48. The number of rotatable bonds is 2. The number of hydrogen-bond acceptors (Lipinski definition) is 2. The lowest BCUT2D eigenvalue weighted by Crippen LogP contribution is -2.27. The molecule has 0 bridgehead atoms. The van der Waals surface area contributed by atoms with Crippen molar-refractivity contribution in [1.82, 2.24) is 0 Å². The van der Waals surface area contributed by atoms with Gasteiger partial charge < -0.3 is 10.6 Å². The maximum absolute atomic E-state index is 14.4. The molecule has 1 saturated heterocycles. The summed E-state index contributed by atoms with van der Waals surface area (Å²) in [6.45, 7) is 10.7. The second-order valence-electron chi connectivity index (χ2n) is 7.48. The van der Waals surface area contributed by atoms with Crippen LogP contribution in [-0.4, -0.2) is 13.1 Å². The molecule has 1 aromatic rings. The molecule has 2 atom stereocenters. The van der Waals surface area contributed by atoms with Gasteiger partial charge in [-0.15, -0.1) is 0 Å². The van der Waals surface area contributed by atoms with Gasteiger partial charge in [0.1, 0.15) is 5.82 Å². The third kappa shape index (κ3) is 3.97. The Morgan fingerprint density at radius 1 is 1.24 bits per heavy atom. The first kappa shape index (κ1) is 16.3. The minimum Gasteiger partial charge on any atom is -0.369 e. The lowest BCUT2D eigenvalue weighted by Gasteiger charge is -2.30. The van der Waals surface area contributed by atoms with E-state index in [1.165, 1.54) is 6.42 Å². The molecule has 2 nitrogen and oxygen atoms in total. The fraction of sp³-hybridized carbons (Fsp3) is 0.667. The molecule has 2 N–H and O–H groups in total. The number of anilines is 1. The first-order valence-corrected chi connectivity index (χ1v) is 8.09. The summed E-state index contributed by atoms with van der Waals surface area (Å²) < 4.78 is 14.4. The lowest BCUT2D eigenvalue weighted by molar-refractivity contribution is 0.220. The monoisotopic (exact) mass is 292 g/mol. The minimum absolute atomic E-state index is 0.122. The molecule has 0 aromatic heterocycles. The predicted octanol–water partition coefficient (Wildman–Crippen LogP) is 4.50. The Morgan fingerprint density at radius 3 is 2.52 bits per heavy atom. The van der Waals surface area contributed by atoms with Gasteiger partial charge in [-0.25, -0.2) is 4.39 Å². The highest BCUT2D eigenvalue weighted by Crippen LogP contribution is 2.35. The van der Waals surface area contributed by atoms with E-state index in [9.17, 15) is 4.39 Å². The molecule has 21 heavy (non-hydrogen) atoms. The molecule has 3 heteroatoms. The van der Waals surface area contributed by atoms with E-state index in [4.69, 9.17) is 5.73 Å². The molecule has 1 fully saturated rings. The van der Waals surface area contributed by atoms with Crippen molar-refractivity contribution in [3.63, 3.8) is 0 Å². The largest absolute Gasteiger partial charge is 0.369 e. The van der Waals surface area contributed by atoms with Crippen LogP contribution in [0.5, 0.6) is 0 Å². The Hall–Kier alpha value is -1.09. The van der Waals surface area contributed by atoms with Gasteiger partial charge in [0, 0.05) is 19.1 Å². The van der Waals surface area contributed by atoms with E-state index < -0.39 is 0 Å². The molecule has 0 spiro atoms. The summed E-state index contributed by atoms with van der Waals surface area (Å²) in [6, 6.07) is 5.32. The topological polar surface area (TPSA) is 29.3 Å². The fourth-order valence-electron chi connectivity index (χ4n) is 3.27. The Labute approximate surface area is 128 Å². The van der Waals surface area contributed by atoms with Crippen molar-refractivity contribution in [2.75, 3.05) is 18.0 Å². The van der Waals surface area contributed by atoms with E-state index >= 15 is 0 Å². The minimum atomic E-state index is -0.140. The van der Waals surface area contributed by atoms with Gasteiger partial charge in [0.15, 0.2) is 0 Å². The van der Waals surface area contributed by atoms with Crippen molar-refractivity contribution in [3.8, 4) is 0 Å². The van der Waals surface area contributed by atoms with E-state index in [2.05, 4.69) is 25.7 Å². The zero-order chi connectivity index (χ0) is 15.6. The fourth-order valence-corrected chi connectivity index (χ4v) is 3.27. The summed E-state index contributed by atoms with van der Waals surface area (Å²) in [6.07, 6.45) is 3.51. The molecule has 0 saturated carbocycles. The van der Waals surface area contributed by atoms with Crippen molar-refractivity contribution in [3.05, 3.63) is 29.6 Å². The van der Waals surface area contributed by atoms with Crippen LogP contribution in [0.3, 0.4) is 0 Å². The number of nitrogens with zero attached hydrogens (tertiary/aromatic N) is 1. The van der Waals surface area contributed by atoms with Crippen LogP contribution in [0, 0.1) is 17.2 Å². The van der Waals surface area contributed by atoms with Gasteiger partial charge in [0.2, 0.25) is 0 Å². The summed E-state index contributed by atoms with van der Waals surface area (Å²) >= 11 is 0. The van der Waals surface area contributed by atoms with E-state index in [1.807, 2.05) is 19.1 Å². The summed E-state index contributed by atoms with van der Waals surface area (Å²) in [4.78, 5) is 2.20. The Bertz CT molecular complexity index is 477. The lowest BCUT2D eigenvalue weighted by atomic mass is 9.77. The van der Waals surface area contributed by atoms with E-state index in [-0.39, 0.29) is 11.9 Å². The summed E-state index contributed by atoms with van der Waals surface area (Å²) in [5.74, 6) is 0.577. The van der Waals surface area contributed by atoms with Crippen molar-refractivity contribution in [1.29, 1.82) is 0 Å². The van der Waals surface area contributed by atoms with Crippen LogP contribution in [0.1, 0.15) is 58.6 Å². The Balaban J connectivity index is 2.12. The normalized spacial score (nSPS) is 22.0. The van der Waals surface area contributed by atoms with Crippen molar-refractivity contribution >= 4 is 5.69 Å². The van der Waals surface area contributed by atoms with Crippen molar-refractivity contribution in [2.45, 2.75) is 53.0 Å². The molecule has 1 heterocycles. The van der Waals surface area contributed by atoms with Gasteiger partial charge in [-0.05, 0) is 55.2 Å². The first-order valence-electron chi connectivity index (χ1n) is 8.09. The van der Waals surface area contributed by atoms with Crippen LogP contribution in [0.2, 0.25) is 0 Å². The van der Waals surface area contributed by atoms with Crippen LogP contribution in [0.15, 0.2) is 18.2 Å². The van der Waals surface area contributed by atoms with Crippen LogP contribution in [0.25, 0.3) is 0 Å². The highest BCUT2D eigenvalue weighted by Gasteiger charge is 2.27. The molecular formula is C18H29FN2. The predicted molar refractivity (Wildman–Crippen MR) is 88.0 cm³/mol. The Kier molecular flexibility index (Phi) is 4.92. The van der Waals surface area contributed by atoms with Gasteiger partial charge >= 0.3 is 0 Å². The number of nitrogens with two attached hydrogens (primary N) is 1. The molecule has 1 aromatic carbocycles. The van der Waals surface area contributed by atoms with Gasteiger partial charge in [-0.3, -0.25) is 0 Å². The number of benzene rings is 1. The first-order chi connectivity index (χ1) is 9.79. The van der Waals surface area contributed by atoms with Crippen LogP contribution < -0.4 is 10.6 Å². The third-order valence-electron chi connectivity index (χ3n) is 4.79. The highest BCUT2D eigenvalue weighted by atomic mass is 19.1. The van der Waals surface area contributed by atoms with Crippen LogP contribution in [0.4, 0.5) is 10.1 Å². The average molecular weight is 292 g/mol. The van der Waals surface area contributed by atoms with Gasteiger partial charge in [-0.1, -0.05) is 26.8 Å². The Morgan fingerprint density at radius 2 is 1.95 bits per heavy atom. The molecule has 0 aliphatic carbocycles. The summed E-state index contributed by atoms with van der Waals surface area (Å²) in [5, 5.41) is 0. The summed E-state index contributed by atoms with van der Waals surface area (Å²) in [7, 11) is 0. The van der Waals surface area contributed by atoms with Crippen molar-refractivity contribution < 1.29 is 4.39 Å².